The summed E-state index contributed by atoms with van der Waals surface area (Å²) >= 11 is 6.42. The van der Waals surface area contributed by atoms with Crippen LogP contribution in [0.1, 0.15) is 18.9 Å². The lowest BCUT2D eigenvalue weighted by molar-refractivity contribution is -0.125. The highest BCUT2D eigenvalue weighted by Crippen LogP contribution is 2.31. The van der Waals surface area contributed by atoms with Gasteiger partial charge in [0, 0.05) is 10.6 Å². The number of nitrogens with one attached hydrogen (secondary N) is 1. The summed E-state index contributed by atoms with van der Waals surface area (Å²) in [6.07, 6.45) is 0.857. The SMILES string of the molecule is CC(=S)C1(NC(=O)Cc2ccccc2)CCSC1=O. The van der Waals surface area contributed by atoms with E-state index in [0.29, 0.717) is 17.0 Å². The third kappa shape index (κ3) is 3.04. The van der Waals surface area contributed by atoms with E-state index in [0.717, 1.165) is 5.56 Å². The lowest BCUT2D eigenvalue weighted by Crippen LogP contribution is -2.56. The van der Waals surface area contributed by atoms with Crippen LogP contribution in [0.5, 0.6) is 0 Å². The molecule has 1 atom stereocenters. The first-order chi connectivity index (χ1) is 9.04. The standard InChI is InChI=1S/C14H15NO2S2/c1-10(18)14(7-8-19-13(14)17)15-12(16)9-11-5-3-2-4-6-11/h2-6H,7-9H2,1H3,(H,15,16). The van der Waals surface area contributed by atoms with Crippen molar-refractivity contribution in [3.05, 3.63) is 35.9 Å². The number of hydrogen-bond acceptors (Lipinski definition) is 4. The van der Waals surface area contributed by atoms with Gasteiger partial charge in [-0.25, -0.2) is 0 Å². The average molecular weight is 293 g/mol. The summed E-state index contributed by atoms with van der Waals surface area (Å²) in [5.41, 5.74) is -0.0125. The summed E-state index contributed by atoms with van der Waals surface area (Å²) in [5.74, 6) is 0.546. The molecule has 1 aliphatic heterocycles. The normalized spacial score (nSPS) is 22.3. The third-order valence-electron chi connectivity index (χ3n) is 3.22. The van der Waals surface area contributed by atoms with E-state index < -0.39 is 5.54 Å². The number of carbonyl (C=O) groups excluding carboxylic acids is 2. The van der Waals surface area contributed by atoms with Crippen molar-refractivity contribution in [1.82, 2.24) is 5.32 Å². The van der Waals surface area contributed by atoms with E-state index in [1.54, 1.807) is 6.92 Å². The maximum absolute atomic E-state index is 12.1. The molecule has 1 amide bonds. The Bertz CT molecular complexity index is 515. The predicted octanol–water partition coefficient (Wildman–Crippen LogP) is 2.14. The van der Waals surface area contributed by atoms with Crippen LogP contribution in [0.3, 0.4) is 0 Å². The minimum atomic E-state index is -0.939. The van der Waals surface area contributed by atoms with Crippen LogP contribution in [0.4, 0.5) is 0 Å². The maximum atomic E-state index is 12.1. The predicted molar refractivity (Wildman–Crippen MR) is 81.4 cm³/mol. The molecule has 100 valence electrons. The Morgan fingerprint density at radius 1 is 1.42 bits per heavy atom. The van der Waals surface area contributed by atoms with Gasteiger partial charge in [0.25, 0.3) is 0 Å². The first kappa shape index (κ1) is 14.2. The van der Waals surface area contributed by atoms with E-state index in [2.05, 4.69) is 5.32 Å². The molecule has 0 radical (unpaired) electrons. The number of rotatable bonds is 4. The largest absolute Gasteiger partial charge is 0.338 e. The van der Waals surface area contributed by atoms with Crippen molar-refractivity contribution in [2.75, 3.05) is 5.75 Å². The van der Waals surface area contributed by atoms with E-state index >= 15 is 0 Å². The summed E-state index contributed by atoms with van der Waals surface area (Å²) in [4.78, 5) is 24.6. The quantitative estimate of drug-likeness (QED) is 0.864. The van der Waals surface area contributed by atoms with Gasteiger partial charge in [0.1, 0.15) is 5.54 Å². The van der Waals surface area contributed by atoms with Crippen molar-refractivity contribution in [3.8, 4) is 0 Å². The fourth-order valence-corrected chi connectivity index (χ4v) is 3.56. The second-order valence-electron chi connectivity index (χ2n) is 4.56. The van der Waals surface area contributed by atoms with Crippen LogP contribution in [0.25, 0.3) is 0 Å². The van der Waals surface area contributed by atoms with E-state index in [1.807, 2.05) is 30.3 Å². The van der Waals surface area contributed by atoms with Gasteiger partial charge in [-0.2, -0.15) is 0 Å². The van der Waals surface area contributed by atoms with Crippen LogP contribution in [-0.4, -0.2) is 27.2 Å². The van der Waals surface area contributed by atoms with Gasteiger partial charge in [-0.05, 0) is 18.9 Å². The van der Waals surface area contributed by atoms with Crippen LogP contribution >= 0.6 is 24.0 Å². The first-order valence-electron chi connectivity index (χ1n) is 6.08. The Labute approximate surface area is 122 Å². The lowest BCUT2D eigenvalue weighted by Gasteiger charge is -2.27. The summed E-state index contributed by atoms with van der Waals surface area (Å²) < 4.78 is 0. The maximum Gasteiger partial charge on any atom is 0.225 e. The second kappa shape index (κ2) is 5.84. The summed E-state index contributed by atoms with van der Waals surface area (Å²) in [6.45, 7) is 1.72. The Balaban J connectivity index is 2.09. The Morgan fingerprint density at radius 3 is 2.63 bits per heavy atom. The topological polar surface area (TPSA) is 46.2 Å². The monoisotopic (exact) mass is 293 g/mol. The van der Waals surface area contributed by atoms with Gasteiger partial charge in [0.2, 0.25) is 11.0 Å². The van der Waals surface area contributed by atoms with E-state index in [9.17, 15) is 9.59 Å². The van der Waals surface area contributed by atoms with Crippen LogP contribution < -0.4 is 5.32 Å². The molecule has 1 aromatic rings. The minimum Gasteiger partial charge on any atom is -0.338 e. The number of benzene rings is 1. The first-order valence-corrected chi connectivity index (χ1v) is 7.47. The molecule has 0 bridgehead atoms. The molecule has 1 aliphatic rings. The molecule has 5 heteroatoms. The Hall–Kier alpha value is -1.20. The molecule has 0 saturated carbocycles. The Morgan fingerprint density at radius 2 is 2.11 bits per heavy atom. The Kier molecular flexibility index (Phi) is 4.37. The fraction of sp³-hybridized carbons (Fsp3) is 0.357. The van der Waals surface area contributed by atoms with E-state index in [1.165, 1.54) is 11.8 Å². The average Bonchev–Trinajstić information content (AvgIpc) is 2.73. The molecule has 19 heavy (non-hydrogen) atoms. The highest BCUT2D eigenvalue weighted by atomic mass is 32.2. The van der Waals surface area contributed by atoms with Crippen molar-refractivity contribution in [1.29, 1.82) is 0 Å². The van der Waals surface area contributed by atoms with Crippen LogP contribution in [0.2, 0.25) is 0 Å². The highest BCUT2D eigenvalue weighted by Gasteiger charge is 2.45. The zero-order chi connectivity index (χ0) is 13.9. The molecule has 2 rings (SSSR count). The molecule has 3 nitrogen and oxygen atoms in total. The van der Waals surface area contributed by atoms with Crippen molar-refractivity contribution in [3.63, 3.8) is 0 Å². The van der Waals surface area contributed by atoms with Gasteiger partial charge in [-0.15, -0.1) is 0 Å². The molecular formula is C14H15NO2S2. The number of thiocarbonyl (C=S) groups is 1. The molecule has 0 aromatic heterocycles. The van der Waals surface area contributed by atoms with Crippen LogP contribution in [0, 0.1) is 0 Å². The third-order valence-corrected chi connectivity index (χ3v) is 4.59. The molecule has 0 spiro atoms. The van der Waals surface area contributed by atoms with Crippen molar-refractivity contribution in [2.45, 2.75) is 25.3 Å². The van der Waals surface area contributed by atoms with E-state index in [4.69, 9.17) is 12.2 Å². The summed E-state index contributed by atoms with van der Waals surface area (Å²) in [6, 6.07) is 9.46. The number of carbonyl (C=O) groups is 2. The molecule has 1 saturated heterocycles. The van der Waals surface area contributed by atoms with Gasteiger partial charge < -0.3 is 5.32 Å². The highest BCUT2D eigenvalue weighted by molar-refractivity contribution is 8.14. The lowest BCUT2D eigenvalue weighted by atomic mass is 9.94. The van der Waals surface area contributed by atoms with Gasteiger partial charge in [-0.1, -0.05) is 54.3 Å². The number of hydrogen-bond donors (Lipinski definition) is 1. The molecular weight excluding hydrogens is 278 g/mol. The minimum absolute atomic E-state index is 0.0404. The van der Waals surface area contributed by atoms with Crippen molar-refractivity contribution in [2.24, 2.45) is 0 Å². The van der Waals surface area contributed by atoms with Gasteiger partial charge in [-0.3, -0.25) is 9.59 Å². The van der Waals surface area contributed by atoms with Gasteiger partial charge >= 0.3 is 0 Å². The van der Waals surface area contributed by atoms with Gasteiger partial charge in [0.15, 0.2) is 0 Å². The molecule has 1 fully saturated rings. The van der Waals surface area contributed by atoms with Crippen LogP contribution in [-0.2, 0) is 16.0 Å². The van der Waals surface area contributed by atoms with Gasteiger partial charge in [0.05, 0.1) is 6.42 Å². The smallest absolute Gasteiger partial charge is 0.225 e. The molecule has 1 unspecified atom stereocenters. The molecule has 1 heterocycles. The molecule has 1 N–H and O–H groups in total. The van der Waals surface area contributed by atoms with Crippen LogP contribution in [0.15, 0.2) is 30.3 Å². The zero-order valence-electron chi connectivity index (χ0n) is 10.6. The summed E-state index contributed by atoms with van der Waals surface area (Å²) in [7, 11) is 0. The van der Waals surface area contributed by atoms with E-state index in [-0.39, 0.29) is 17.4 Å². The number of amides is 1. The fourth-order valence-electron chi connectivity index (χ4n) is 2.11. The zero-order valence-corrected chi connectivity index (χ0v) is 12.3. The molecule has 1 aromatic carbocycles. The van der Waals surface area contributed by atoms with Crippen molar-refractivity contribution < 1.29 is 9.59 Å². The second-order valence-corrected chi connectivity index (χ2v) is 6.24. The van der Waals surface area contributed by atoms with Crippen molar-refractivity contribution >= 4 is 39.9 Å². The number of thioether (sulfide) groups is 1. The summed E-state index contributed by atoms with van der Waals surface area (Å²) in [5, 5.41) is 2.80. The molecule has 0 aliphatic carbocycles.